The van der Waals surface area contributed by atoms with E-state index in [1.165, 1.54) is 12.1 Å². The van der Waals surface area contributed by atoms with Gasteiger partial charge in [-0.1, -0.05) is 24.3 Å². The van der Waals surface area contributed by atoms with Gasteiger partial charge in [0.15, 0.2) is 0 Å². The van der Waals surface area contributed by atoms with Crippen LogP contribution in [0.15, 0.2) is 48.5 Å². The smallest absolute Gasteiger partial charge is 0.267 e. The summed E-state index contributed by atoms with van der Waals surface area (Å²) in [5, 5.41) is 21.8. The van der Waals surface area contributed by atoms with Gasteiger partial charge in [-0.2, -0.15) is 0 Å². The van der Waals surface area contributed by atoms with Gasteiger partial charge < -0.3 is 20.5 Å². The highest BCUT2D eigenvalue weighted by molar-refractivity contribution is 5.98. The molecule has 0 saturated heterocycles. The number of aliphatic hydroxyl groups excluding tert-OH is 2. The van der Waals surface area contributed by atoms with Crippen LogP contribution in [0.1, 0.15) is 16.9 Å². The largest absolute Gasteiger partial charge is 0.396 e. The number of H-pyrrole nitrogens is 1. The maximum absolute atomic E-state index is 13.0. The van der Waals surface area contributed by atoms with Crippen molar-refractivity contribution in [1.82, 2.24) is 10.3 Å². The van der Waals surface area contributed by atoms with Crippen molar-refractivity contribution >= 4 is 16.8 Å². The van der Waals surface area contributed by atoms with Gasteiger partial charge in [0.2, 0.25) is 0 Å². The molecule has 2 aromatic carbocycles. The van der Waals surface area contributed by atoms with Crippen LogP contribution in [0.5, 0.6) is 0 Å². The lowest BCUT2D eigenvalue weighted by Gasteiger charge is -2.09. The molecule has 25 heavy (non-hydrogen) atoms. The molecule has 6 heteroatoms. The molecule has 130 valence electrons. The molecule has 3 aromatic rings. The predicted molar refractivity (Wildman–Crippen MR) is 93.7 cm³/mol. The molecule has 0 aliphatic carbocycles. The Bertz CT molecular complexity index is 874. The number of aromatic amines is 1. The highest BCUT2D eigenvalue weighted by Gasteiger charge is 2.12. The van der Waals surface area contributed by atoms with Gasteiger partial charge in [-0.05, 0) is 41.8 Å². The minimum atomic E-state index is -0.775. The van der Waals surface area contributed by atoms with Crippen molar-refractivity contribution in [3.8, 4) is 11.1 Å². The molecule has 4 N–H and O–H groups in total. The minimum Gasteiger partial charge on any atom is -0.396 e. The maximum Gasteiger partial charge on any atom is 0.267 e. The molecule has 0 fully saturated rings. The van der Waals surface area contributed by atoms with E-state index >= 15 is 0 Å². The van der Waals surface area contributed by atoms with Crippen molar-refractivity contribution in [3.05, 3.63) is 60.0 Å². The van der Waals surface area contributed by atoms with Crippen LogP contribution in [0.2, 0.25) is 0 Å². The summed E-state index contributed by atoms with van der Waals surface area (Å²) in [5.74, 6) is -0.608. The molecular weight excluding hydrogens is 323 g/mol. The van der Waals surface area contributed by atoms with Crippen LogP contribution in [-0.4, -0.2) is 40.4 Å². The molecule has 0 bridgehead atoms. The normalized spacial score (nSPS) is 12.3. The third-order valence-electron chi connectivity index (χ3n) is 4.01. The summed E-state index contributed by atoms with van der Waals surface area (Å²) in [4.78, 5) is 15.2. The molecule has 0 aliphatic rings. The Morgan fingerprint density at radius 3 is 2.56 bits per heavy atom. The highest BCUT2D eigenvalue weighted by Crippen LogP contribution is 2.25. The van der Waals surface area contributed by atoms with Crippen LogP contribution < -0.4 is 5.32 Å². The molecule has 1 unspecified atom stereocenters. The van der Waals surface area contributed by atoms with E-state index in [1.54, 1.807) is 18.2 Å². The first-order valence-electron chi connectivity index (χ1n) is 8.02. The predicted octanol–water partition coefficient (Wildman–Crippen LogP) is 2.45. The van der Waals surface area contributed by atoms with E-state index in [-0.39, 0.29) is 31.3 Å². The van der Waals surface area contributed by atoms with Crippen LogP contribution in [0.4, 0.5) is 4.39 Å². The molecule has 1 aromatic heterocycles. The molecule has 0 spiro atoms. The standard InChI is InChI=1S/C19H19FN2O3/c20-15-5-3-12(4-6-15)13-1-2-14-10-18(22-17(14)9-13)19(25)21-11-16(24)7-8-23/h1-6,9-10,16,22-24H,7-8,11H2,(H,21,25). The Hall–Kier alpha value is -2.70. The van der Waals surface area contributed by atoms with Gasteiger partial charge in [0.25, 0.3) is 5.91 Å². The van der Waals surface area contributed by atoms with E-state index < -0.39 is 6.10 Å². The number of carbonyl (C=O) groups is 1. The number of carbonyl (C=O) groups excluding carboxylic acids is 1. The van der Waals surface area contributed by atoms with Crippen molar-refractivity contribution in [2.75, 3.05) is 13.2 Å². The third-order valence-corrected chi connectivity index (χ3v) is 4.01. The molecule has 3 rings (SSSR count). The van der Waals surface area contributed by atoms with Gasteiger partial charge in [0.1, 0.15) is 11.5 Å². The van der Waals surface area contributed by atoms with E-state index in [1.807, 2.05) is 18.2 Å². The minimum absolute atomic E-state index is 0.0790. The Balaban J connectivity index is 1.78. The zero-order valence-electron chi connectivity index (χ0n) is 13.5. The van der Waals surface area contributed by atoms with Crippen molar-refractivity contribution in [2.45, 2.75) is 12.5 Å². The lowest BCUT2D eigenvalue weighted by Crippen LogP contribution is -2.32. The maximum atomic E-state index is 13.0. The topological polar surface area (TPSA) is 85.3 Å². The van der Waals surface area contributed by atoms with Gasteiger partial charge in [-0.25, -0.2) is 4.39 Å². The summed E-state index contributed by atoms with van der Waals surface area (Å²) in [5.41, 5.74) is 2.99. The second-order valence-corrected chi connectivity index (χ2v) is 5.87. The van der Waals surface area contributed by atoms with E-state index in [9.17, 15) is 14.3 Å². The molecule has 0 aliphatic heterocycles. The average Bonchev–Trinajstić information content (AvgIpc) is 3.04. The fourth-order valence-corrected chi connectivity index (χ4v) is 2.63. The quantitative estimate of drug-likeness (QED) is 0.555. The lowest BCUT2D eigenvalue weighted by atomic mass is 10.0. The average molecular weight is 342 g/mol. The first-order chi connectivity index (χ1) is 12.1. The molecule has 1 heterocycles. The first kappa shape index (κ1) is 17.1. The van der Waals surface area contributed by atoms with E-state index in [0.717, 1.165) is 22.0 Å². The number of aliphatic hydroxyl groups is 2. The summed E-state index contributed by atoms with van der Waals surface area (Å²) in [7, 11) is 0. The number of hydrogen-bond acceptors (Lipinski definition) is 3. The van der Waals surface area contributed by atoms with Gasteiger partial charge in [0.05, 0.1) is 6.10 Å². The van der Waals surface area contributed by atoms with E-state index in [4.69, 9.17) is 5.11 Å². The Morgan fingerprint density at radius 1 is 1.12 bits per heavy atom. The highest BCUT2D eigenvalue weighted by atomic mass is 19.1. The second kappa shape index (κ2) is 7.46. The lowest BCUT2D eigenvalue weighted by molar-refractivity contribution is 0.0886. The second-order valence-electron chi connectivity index (χ2n) is 5.87. The Kier molecular flexibility index (Phi) is 5.11. The van der Waals surface area contributed by atoms with Crippen molar-refractivity contribution in [1.29, 1.82) is 0 Å². The number of amides is 1. The Labute approximate surface area is 144 Å². The van der Waals surface area contributed by atoms with E-state index in [0.29, 0.717) is 5.69 Å². The fourth-order valence-electron chi connectivity index (χ4n) is 2.63. The number of aromatic nitrogens is 1. The molecular formula is C19H19FN2O3. The number of hydrogen-bond donors (Lipinski definition) is 4. The van der Waals surface area contributed by atoms with E-state index in [2.05, 4.69) is 10.3 Å². The zero-order chi connectivity index (χ0) is 17.8. The van der Waals surface area contributed by atoms with Gasteiger partial charge in [-0.3, -0.25) is 4.79 Å². The SMILES string of the molecule is O=C(NCC(O)CCO)c1cc2ccc(-c3ccc(F)cc3)cc2[nH]1. The van der Waals surface area contributed by atoms with Crippen LogP contribution in [0, 0.1) is 5.82 Å². The van der Waals surface area contributed by atoms with Gasteiger partial charge in [-0.15, -0.1) is 0 Å². The molecule has 1 amide bonds. The first-order valence-corrected chi connectivity index (χ1v) is 8.02. The number of halogens is 1. The van der Waals surface area contributed by atoms with Crippen molar-refractivity contribution in [2.24, 2.45) is 0 Å². The van der Waals surface area contributed by atoms with Crippen LogP contribution >= 0.6 is 0 Å². The zero-order valence-corrected chi connectivity index (χ0v) is 13.5. The summed E-state index contributed by atoms with van der Waals surface area (Å²) in [6.07, 6.45) is -0.558. The Morgan fingerprint density at radius 2 is 1.84 bits per heavy atom. The van der Waals surface area contributed by atoms with Crippen LogP contribution in [0.25, 0.3) is 22.0 Å². The third kappa shape index (κ3) is 4.04. The number of fused-ring (bicyclic) bond motifs is 1. The summed E-state index contributed by atoms with van der Waals surface area (Å²) < 4.78 is 13.0. The molecule has 0 saturated carbocycles. The molecule has 0 radical (unpaired) electrons. The number of benzene rings is 2. The fraction of sp³-hybridized carbons (Fsp3) is 0.211. The van der Waals surface area contributed by atoms with Gasteiger partial charge >= 0.3 is 0 Å². The number of nitrogens with one attached hydrogen (secondary N) is 2. The van der Waals surface area contributed by atoms with Gasteiger partial charge in [0, 0.05) is 24.1 Å². The summed E-state index contributed by atoms with van der Waals surface area (Å²) >= 11 is 0. The monoisotopic (exact) mass is 342 g/mol. The summed E-state index contributed by atoms with van der Waals surface area (Å²) in [6.45, 7) is -0.0504. The summed E-state index contributed by atoms with van der Waals surface area (Å²) in [6, 6.07) is 13.7. The van der Waals surface area contributed by atoms with Crippen LogP contribution in [0.3, 0.4) is 0 Å². The number of rotatable bonds is 6. The van der Waals surface area contributed by atoms with Crippen molar-refractivity contribution in [3.63, 3.8) is 0 Å². The van der Waals surface area contributed by atoms with Crippen LogP contribution in [-0.2, 0) is 0 Å². The molecule has 5 nitrogen and oxygen atoms in total. The molecule has 1 atom stereocenters. The van der Waals surface area contributed by atoms with Crippen molar-refractivity contribution < 1.29 is 19.4 Å².